The van der Waals surface area contributed by atoms with Crippen molar-refractivity contribution < 1.29 is 50.3 Å². The maximum Gasteiger partial charge on any atom is 0.254 e. The van der Waals surface area contributed by atoms with Crippen molar-refractivity contribution in [3.63, 3.8) is 0 Å². The maximum atomic E-state index is 8.59. The second kappa shape index (κ2) is 5.16. The van der Waals surface area contributed by atoms with Gasteiger partial charge in [-0.15, -0.1) is 0 Å². The van der Waals surface area contributed by atoms with Gasteiger partial charge in [0.2, 0.25) is 0 Å². The molecule has 0 bridgehead atoms. The second-order valence-electron chi connectivity index (χ2n) is 0.238. The van der Waals surface area contributed by atoms with Crippen LogP contribution in [0.4, 0.5) is 0 Å². The van der Waals surface area contributed by atoms with Gasteiger partial charge in [0.15, 0.2) is 0 Å². The van der Waals surface area contributed by atoms with Crippen LogP contribution in [0.25, 0.3) is 0 Å². The van der Waals surface area contributed by atoms with Crippen molar-refractivity contribution >= 4 is 11.0 Å². The van der Waals surface area contributed by atoms with E-state index in [1.807, 2.05) is 0 Å². The number of hydrogen-bond acceptors (Lipinski definition) is 2. The van der Waals surface area contributed by atoms with E-state index >= 15 is 0 Å². The summed E-state index contributed by atoms with van der Waals surface area (Å²) < 4.78 is 24.2. The van der Waals surface area contributed by atoms with Crippen LogP contribution in [0.5, 0.6) is 0 Å². The summed E-state index contributed by atoms with van der Waals surface area (Å²) in [6.07, 6.45) is 0. The molecule has 0 atom stereocenters. The third-order valence-electron chi connectivity index (χ3n) is 0. The van der Waals surface area contributed by atoms with Crippen molar-refractivity contribution in [2.75, 3.05) is 0 Å². The van der Waals surface area contributed by atoms with Gasteiger partial charge in [-0.25, -0.2) is 8.42 Å². The van der Waals surface area contributed by atoms with Gasteiger partial charge in [-0.2, -0.15) is 0 Å². The van der Waals surface area contributed by atoms with Crippen molar-refractivity contribution in [3.05, 3.63) is 0 Å². The van der Waals surface area contributed by atoms with Crippen molar-refractivity contribution in [2.45, 2.75) is 0 Å². The van der Waals surface area contributed by atoms with Gasteiger partial charge in [-0.3, -0.25) is 4.55 Å². The predicted molar refractivity (Wildman–Crippen MR) is 12.9 cm³/mol. The molecule has 1 N–H and O–H groups in total. The summed E-state index contributed by atoms with van der Waals surface area (Å²) in [4.78, 5) is 0. The minimum atomic E-state index is -3.12. The number of thiol groups is 1. The van der Waals surface area contributed by atoms with Crippen molar-refractivity contribution in [1.82, 2.24) is 0 Å². The van der Waals surface area contributed by atoms with Crippen LogP contribution in [0.3, 0.4) is 0 Å². The van der Waals surface area contributed by atoms with Gasteiger partial charge in [0, 0.05) is 37.3 Å². The minimum Gasteiger partial charge on any atom is -0.288 e. The van der Waals surface area contributed by atoms with Crippen LogP contribution in [0.1, 0.15) is 0 Å². The Balaban J connectivity index is 0. The molecule has 5 heteroatoms. The number of hydrogen-bond donors (Lipinski definition) is 2. The molecule has 0 aliphatic rings. The Bertz CT molecular complexity index is 55.3. The summed E-state index contributed by atoms with van der Waals surface area (Å²) in [5.41, 5.74) is 0. The molecule has 0 saturated carbocycles. The summed E-state index contributed by atoms with van der Waals surface area (Å²) in [6.45, 7) is 0. The molecule has 0 unspecified atom stereocenters. The molecule has 0 spiro atoms. The Morgan fingerprint density at radius 3 is 1.40 bits per heavy atom. The molecular formula is H2ErO3S. The summed E-state index contributed by atoms with van der Waals surface area (Å²) in [5, 5.41) is 0. The fraction of sp³-hybridized carbons (Fsp3) is 0. The first-order chi connectivity index (χ1) is 1.73. The minimum absolute atomic E-state index is 0. The third-order valence-corrected chi connectivity index (χ3v) is 0. The molecule has 0 fully saturated rings. The summed E-state index contributed by atoms with van der Waals surface area (Å²) in [7, 11) is -3.12. The Kier molecular flexibility index (Phi) is 9.77. The molecule has 0 heterocycles. The van der Waals surface area contributed by atoms with E-state index in [1.165, 1.54) is 0 Å². The van der Waals surface area contributed by atoms with E-state index in [1.54, 1.807) is 0 Å². The van der Waals surface area contributed by atoms with Crippen LogP contribution in [-0.4, -0.2) is 13.0 Å². The van der Waals surface area contributed by atoms with Crippen LogP contribution in [0, 0.1) is 37.3 Å². The molecule has 0 saturated heterocycles. The Labute approximate surface area is 60.7 Å². The topological polar surface area (TPSA) is 54.4 Å². The molecule has 0 radical (unpaired) electrons. The van der Waals surface area contributed by atoms with Gasteiger partial charge in [-0.05, 0) is 0 Å². The summed E-state index contributed by atoms with van der Waals surface area (Å²) in [6, 6.07) is 0. The average molecular weight is 249 g/mol. The van der Waals surface area contributed by atoms with Crippen LogP contribution in [-0.2, 0) is 11.0 Å². The van der Waals surface area contributed by atoms with Gasteiger partial charge in [-0.1, -0.05) is 0 Å². The zero-order valence-corrected chi connectivity index (χ0v) is 4.75. The van der Waals surface area contributed by atoms with Crippen LogP contribution in [0.15, 0.2) is 0 Å². The largest absolute Gasteiger partial charge is 0.288 e. The van der Waals surface area contributed by atoms with E-state index in [-0.39, 0.29) is 37.3 Å². The van der Waals surface area contributed by atoms with Gasteiger partial charge in [0.05, 0.1) is 0 Å². The molecule has 5 heavy (non-hydrogen) atoms. The van der Waals surface area contributed by atoms with Gasteiger partial charge >= 0.3 is 0 Å². The Morgan fingerprint density at radius 1 is 1.40 bits per heavy atom. The van der Waals surface area contributed by atoms with E-state index in [0.29, 0.717) is 0 Å². The van der Waals surface area contributed by atoms with Gasteiger partial charge in [0.25, 0.3) is 11.0 Å². The van der Waals surface area contributed by atoms with E-state index in [2.05, 4.69) is 0 Å². The summed E-state index contributed by atoms with van der Waals surface area (Å²) in [5.74, 6) is 0. The second-order valence-corrected chi connectivity index (χ2v) is 0.714. The zero-order chi connectivity index (χ0) is 3.58. The quantitative estimate of drug-likeness (QED) is 0.431. The molecule has 38 valence electrons. The molecule has 0 aromatic rings. The van der Waals surface area contributed by atoms with E-state index < -0.39 is 11.0 Å². The molecular weight excluding hydrogens is 247 g/mol. The fourth-order valence-electron chi connectivity index (χ4n) is 0. The van der Waals surface area contributed by atoms with Crippen LogP contribution in [0.2, 0.25) is 0 Å². The standard InChI is InChI=1S/Er.H2O3S/c;1-4(2)3/h;4H,(H,1,2,3). The van der Waals surface area contributed by atoms with Crippen molar-refractivity contribution in [2.24, 2.45) is 0 Å². The van der Waals surface area contributed by atoms with Gasteiger partial charge in [0.1, 0.15) is 0 Å². The fourth-order valence-corrected chi connectivity index (χ4v) is 0. The van der Waals surface area contributed by atoms with Crippen molar-refractivity contribution in [3.8, 4) is 0 Å². The number of rotatable bonds is 0. The predicted octanol–water partition coefficient (Wildman–Crippen LogP) is -0.929. The van der Waals surface area contributed by atoms with Crippen LogP contribution >= 0.6 is 0 Å². The first-order valence-electron chi connectivity index (χ1n) is 0.565. The molecule has 0 aromatic heterocycles. The van der Waals surface area contributed by atoms with Gasteiger partial charge < -0.3 is 0 Å². The van der Waals surface area contributed by atoms with Crippen LogP contribution < -0.4 is 0 Å². The average Bonchev–Trinajstić information content (AvgIpc) is 0.811. The van der Waals surface area contributed by atoms with E-state index in [9.17, 15) is 0 Å². The summed E-state index contributed by atoms with van der Waals surface area (Å²) >= 11 is 0. The monoisotopic (exact) mass is 248 g/mol. The SMILES string of the molecule is O=[SH](=O)O.[Er]. The Morgan fingerprint density at radius 2 is 1.40 bits per heavy atom. The normalized spacial score (nSPS) is 6.80. The molecule has 0 rings (SSSR count). The molecule has 0 aromatic carbocycles. The van der Waals surface area contributed by atoms with E-state index in [0.717, 1.165) is 0 Å². The molecule has 0 amide bonds. The Hall–Kier alpha value is 1.16. The maximum absolute atomic E-state index is 8.59. The smallest absolute Gasteiger partial charge is 0.254 e. The van der Waals surface area contributed by atoms with Crippen molar-refractivity contribution in [1.29, 1.82) is 0 Å². The molecule has 0 aliphatic carbocycles. The van der Waals surface area contributed by atoms with E-state index in [4.69, 9.17) is 13.0 Å². The molecule has 3 nitrogen and oxygen atoms in total. The molecule has 0 aliphatic heterocycles. The first-order valence-corrected chi connectivity index (χ1v) is 1.70. The zero-order valence-electron chi connectivity index (χ0n) is 2.00. The first kappa shape index (κ1) is 9.48. The third kappa shape index (κ3) is 38.4.